The van der Waals surface area contributed by atoms with Gasteiger partial charge in [0, 0.05) is 5.38 Å². The first-order valence-corrected chi connectivity index (χ1v) is 9.60. The van der Waals surface area contributed by atoms with Crippen molar-refractivity contribution < 1.29 is 24.1 Å². The van der Waals surface area contributed by atoms with E-state index in [1.165, 1.54) is 11.3 Å². The molecule has 146 valence electrons. The van der Waals surface area contributed by atoms with Crippen LogP contribution in [-0.2, 0) is 11.2 Å². The molecular formula is C21H21NO5S. The topological polar surface area (TPSA) is 77.9 Å². The lowest BCUT2D eigenvalue weighted by Gasteiger charge is -2.14. The Morgan fingerprint density at radius 1 is 1.14 bits per heavy atom. The summed E-state index contributed by atoms with van der Waals surface area (Å²) in [5.41, 5.74) is 2.41. The fourth-order valence-corrected chi connectivity index (χ4v) is 3.51. The van der Waals surface area contributed by atoms with Crippen molar-refractivity contribution in [2.24, 2.45) is 0 Å². The number of benzene rings is 2. The van der Waals surface area contributed by atoms with Crippen molar-refractivity contribution in [3.63, 3.8) is 0 Å². The molecule has 0 saturated carbocycles. The molecule has 3 aromatic rings. The van der Waals surface area contributed by atoms with Crippen LogP contribution in [0, 0.1) is 6.92 Å². The standard InChI is InChI=1S/C21H21NO5S/c1-14-5-3-6-16(11-14)26-9-10-27-20-17(7-4-8-18(20)25-2)21-22-15(13-28-21)12-19(23)24/h3-8,11,13H,9-10,12H2,1-2H3,(H,23,24). The fourth-order valence-electron chi connectivity index (χ4n) is 2.67. The van der Waals surface area contributed by atoms with Crippen LogP contribution < -0.4 is 14.2 Å². The second kappa shape index (κ2) is 9.23. The molecule has 0 amide bonds. The van der Waals surface area contributed by atoms with E-state index in [4.69, 9.17) is 19.3 Å². The molecule has 0 spiro atoms. The quantitative estimate of drug-likeness (QED) is 0.543. The first-order valence-electron chi connectivity index (χ1n) is 8.72. The van der Waals surface area contributed by atoms with Crippen molar-refractivity contribution in [1.29, 1.82) is 0 Å². The lowest BCUT2D eigenvalue weighted by Crippen LogP contribution is -2.10. The summed E-state index contributed by atoms with van der Waals surface area (Å²) in [4.78, 5) is 15.3. The molecule has 0 aliphatic rings. The summed E-state index contributed by atoms with van der Waals surface area (Å²) in [6.45, 7) is 2.72. The first kappa shape index (κ1) is 19.7. The second-order valence-corrected chi connectivity index (χ2v) is 6.92. The molecule has 6 nitrogen and oxygen atoms in total. The highest BCUT2D eigenvalue weighted by molar-refractivity contribution is 7.13. The molecule has 0 unspecified atom stereocenters. The van der Waals surface area contributed by atoms with Gasteiger partial charge in [0.25, 0.3) is 0 Å². The summed E-state index contributed by atoms with van der Waals surface area (Å²) in [6.07, 6.45) is -0.110. The third-order valence-corrected chi connectivity index (χ3v) is 4.83. The molecule has 1 heterocycles. The third kappa shape index (κ3) is 5.01. The Kier molecular flexibility index (Phi) is 6.49. The minimum absolute atomic E-state index is 0.110. The number of carboxylic acids is 1. The summed E-state index contributed by atoms with van der Waals surface area (Å²) < 4.78 is 17.1. The summed E-state index contributed by atoms with van der Waals surface area (Å²) >= 11 is 1.37. The van der Waals surface area contributed by atoms with Crippen LogP contribution in [-0.4, -0.2) is 36.4 Å². The maximum atomic E-state index is 10.9. The number of para-hydroxylation sites is 1. The predicted molar refractivity (Wildman–Crippen MR) is 108 cm³/mol. The van der Waals surface area contributed by atoms with Gasteiger partial charge in [-0.05, 0) is 36.8 Å². The number of carboxylic acid groups (broad SMARTS) is 1. The number of thiazole rings is 1. The summed E-state index contributed by atoms with van der Waals surface area (Å²) in [6, 6.07) is 13.4. The smallest absolute Gasteiger partial charge is 0.309 e. The Labute approximate surface area is 167 Å². The molecule has 0 radical (unpaired) electrons. The molecule has 0 aliphatic carbocycles. The second-order valence-electron chi connectivity index (χ2n) is 6.06. The number of aryl methyl sites for hydroxylation is 1. The molecule has 2 aromatic carbocycles. The highest BCUT2D eigenvalue weighted by Crippen LogP contribution is 2.39. The van der Waals surface area contributed by atoms with Gasteiger partial charge < -0.3 is 19.3 Å². The van der Waals surface area contributed by atoms with Gasteiger partial charge >= 0.3 is 5.97 Å². The largest absolute Gasteiger partial charge is 0.493 e. The van der Waals surface area contributed by atoms with E-state index in [-0.39, 0.29) is 6.42 Å². The SMILES string of the molecule is COc1cccc(-c2nc(CC(=O)O)cs2)c1OCCOc1cccc(C)c1. The van der Waals surface area contributed by atoms with Crippen LogP contribution in [0.2, 0.25) is 0 Å². The molecule has 0 bridgehead atoms. The van der Waals surface area contributed by atoms with Gasteiger partial charge in [0.2, 0.25) is 0 Å². The van der Waals surface area contributed by atoms with E-state index in [0.717, 1.165) is 16.9 Å². The monoisotopic (exact) mass is 399 g/mol. The maximum absolute atomic E-state index is 10.9. The minimum atomic E-state index is -0.910. The van der Waals surface area contributed by atoms with Gasteiger partial charge in [-0.15, -0.1) is 11.3 Å². The third-order valence-electron chi connectivity index (χ3n) is 3.90. The summed E-state index contributed by atoms with van der Waals surface area (Å²) in [5, 5.41) is 11.4. The van der Waals surface area contributed by atoms with Crippen LogP contribution in [0.15, 0.2) is 47.8 Å². The zero-order chi connectivity index (χ0) is 19.9. The van der Waals surface area contributed by atoms with Crippen LogP contribution in [0.3, 0.4) is 0 Å². The van der Waals surface area contributed by atoms with Crippen LogP contribution in [0.5, 0.6) is 17.2 Å². The highest BCUT2D eigenvalue weighted by atomic mass is 32.1. The van der Waals surface area contributed by atoms with E-state index >= 15 is 0 Å². The molecule has 3 rings (SSSR count). The Hall–Kier alpha value is -3.06. The number of hydrogen-bond donors (Lipinski definition) is 1. The number of nitrogens with zero attached hydrogens (tertiary/aromatic N) is 1. The Bertz CT molecular complexity index is 953. The van der Waals surface area contributed by atoms with E-state index < -0.39 is 5.97 Å². The van der Waals surface area contributed by atoms with Gasteiger partial charge in [-0.3, -0.25) is 4.79 Å². The Morgan fingerprint density at radius 2 is 1.93 bits per heavy atom. The van der Waals surface area contributed by atoms with Crippen molar-refractivity contribution in [1.82, 2.24) is 4.98 Å². The zero-order valence-electron chi connectivity index (χ0n) is 15.7. The van der Waals surface area contributed by atoms with Crippen molar-refractivity contribution in [3.8, 4) is 27.8 Å². The molecular weight excluding hydrogens is 378 g/mol. The average molecular weight is 399 g/mol. The van der Waals surface area contributed by atoms with E-state index in [9.17, 15) is 4.79 Å². The number of carbonyl (C=O) groups is 1. The van der Waals surface area contributed by atoms with Crippen LogP contribution in [0.1, 0.15) is 11.3 Å². The van der Waals surface area contributed by atoms with Gasteiger partial charge in [-0.2, -0.15) is 0 Å². The number of rotatable bonds is 9. The van der Waals surface area contributed by atoms with Crippen LogP contribution >= 0.6 is 11.3 Å². The van der Waals surface area contributed by atoms with Gasteiger partial charge in [0.05, 0.1) is 24.8 Å². The van der Waals surface area contributed by atoms with Gasteiger partial charge in [0.15, 0.2) is 11.5 Å². The molecule has 0 atom stereocenters. The average Bonchev–Trinajstić information content (AvgIpc) is 3.12. The lowest BCUT2D eigenvalue weighted by molar-refractivity contribution is -0.136. The molecule has 1 N–H and O–H groups in total. The minimum Gasteiger partial charge on any atom is -0.493 e. The zero-order valence-corrected chi connectivity index (χ0v) is 16.5. The molecule has 0 fully saturated rings. The number of hydrogen-bond acceptors (Lipinski definition) is 6. The fraction of sp³-hybridized carbons (Fsp3) is 0.238. The van der Waals surface area contributed by atoms with E-state index in [1.54, 1.807) is 12.5 Å². The van der Waals surface area contributed by atoms with Gasteiger partial charge in [-0.1, -0.05) is 18.2 Å². The number of ether oxygens (including phenoxy) is 3. The van der Waals surface area contributed by atoms with Gasteiger partial charge in [0.1, 0.15) is 24.0 Å². The molecule has 0 saturated heterocycles. The highest BCUT2D eigenvalue weighted by Gasteiger charge is 2.16. The summed E-state index contributed by atoms with van der Waals surface area (Å²) in [7, 11) is 1.58. The normalized spacial score (nSPS) is 10.5. The predicted octanol–water partition coefficient (Wildman–Crippen LogP) is 4.21. The lowest BCUT2D eigenvalue weighted by atomic mass is 10.2. The van der Waals surface area contributed by atoms with E-state index in [0.29, 0.717) is 35.4 Å². The van der Waals surface area contributed by atoms with Crippen molar-refractivity contribution >= 4 is 17.3 Å². The maximum Gasteiger partial charge on any atom is 0.309 e. The number of aliphatic carboxylic acids is 1. The van der Waals surface area contributed by atoms with E-state index in [2.05, 4.69) is 4.98 Å². The summed E-state index contributed by atoms with van der Waals surface area (Å²) in [5.74, 6) is 1.03. The van der Waals surface area contributed by atoms with E-state index in [1.807, 2.05) is 49.4 Å². The Morgan fingerprint density at radius 3 is 2.68 bits per heavy atom. The Balaban J connectivity index is 1.72. The molecule has 28 heavy (non-hydrogen) atoms. The van der Waals surface area contributed by atoms with Crippen molar-refractivity contribution in [2.75, 3.05) is 20.3 Å². The number of aromatic nitrogens is 1. The van der Waals surface area contributed by atoms with Crippen molar-refractivity contribution in [3.05, 3.63) is 59.1 Å². The van der Waals surface area contributed by atoms with Gasteiger partial charge in [-0.25, -0.2) is 4.98 Å². The van der Waals surface area contributed by atoms with Crippen LogP contribution in [0.4, 0.5) is 0 Å². The number of methoxy groups -OCH3 is 1. The van der Waals surface area contributed by atoms with Crippen LogP contribution in [0.25, 0.3) is 10.6 Å². The van der Waals surface area contributed by atoms with Crippen molar-refractivity contribution in [2.45, 2.75) is 13.3 Å². The molecule has 0 aliphatic heterocycles. The molecule has 7 heteroatoms. The first-order chi connectivity index (χ1) is 13.6. The molecule has 1 aromatic heterocycles.